The number of thiazole rings is 1. The molecule has 2 aromatic heterocycles. The van der Waals surface area contributed by atoms with E-state index in [1.165, 1.54) is 31.4 Å². The molecule has 1 N–H and O–H groups in total. The zero-order valence-electron chi connectivity index (χ0n) is 25.2. The topological polar surface area (TPSA) is 126 Å². The van der Waals surface area contributed by atoms with Crippen LogP contribution >= 0.6 is 11.3 Å². The highest BCUT2D eigenvalue weighted by atomic mass is 32.1. The maximum Gasteiger partial charge on any atom is 0.356 e. The van der Waals surface area contributed by atoms with Crippen molar-refractivity contribution >= 4 is 50.6 Å². The number of piperazine rings is 1. The lowest BCUT2D eigenvalue weighted by Crippen LogP contribution is -2.57. The Morgan fingerprint density at radius 1 is 1.11 bits per heavy atom. The minimum Gasteiger partial charge on any atom is -0.464 e. The molecule has 0 bridgehead atoms. The van der Waals surface area contributed by atoms with Gasteiger partial charge in [-0.05, 0) is 49.4 Å². The van der Waals surface area contributed by atoms with Crippen molar-refractivity contribution in [1.29, 1.82) is 5.26 Å². The third-order valence-electron chi connectivity index (χ3n) is 8.21. The first-order chi connectivity index (χ1) is 22.2. The summed E-state index contributed by atoms with van der Waals surface area (Å²) >= 11 is 1.13. The number of carbonyl (C=O) groups excluding carboxylic acids is 2. The normalized spacial score (nSPS) is 15.5. The van der Waals surface area contributed by atoms with Crippen molar-refractivity contribution in [2.45, 2.75) is 13.0 Å². The number of anilines is 3. The molecule has 2 fully saturated rings. The van der Waals surface area contributed by atoms with Crippen LogP contribution in [0.4, 0.5) is 25.3 Å². The molecule has 2 saturated heterocycles. The second-order valence-corrected chi connectivity index (χ2v) is 12.1. The minimum absolute atomic E-state index is 0.0168. The van der Waals surface area contributed by atoms with Gasteiger partial charge in [0.1, 0.15) is 28.0 Å². The summed E-state index contributed by atoms with van der Waals surface area (Å²) in [5.74, 6) is -1.78. The number of nitrogens with zero attached hydrogens (tertiary/aromatic N) is 7. The van der Waals surface area contributed by atoms with Gasteiger partial charge in [0.2, 0.25) is 5.91 Å². The molecule has 14 heteroatoms. The van der Waals surface area contributed by atoms with E-state index in [2.05, 4.69) is 11.1 Å². The molecule has 2 aliphatic rings. The molecule has 0 atom stereocenters. The summed E-state index contributed by atoms with van der Waals surface area (Å²) in [6.07, 6.45) is -0.448. The van der Waals surface area contributed by atoms with Crippen LogP contribution in [-0.2, 0) is 9.53 Å². The average molecular weight is 648 g/mol. The summed E-state index contributed by atoms with van der Waals surface area (Å²) in [6, 6.07) is 12.6. The lowest BCUT2D eigenvalue weighted by Gasteiger charge is -2.39. The van der Waals surface area contributed by atoms with Gasteiger partial charge in [-0.1, -0.05) is 11.3 Å². The summed E-state index contributed by atoms with van der Waals surface area (Å²) in [7, 11) is 1.22. The summed E-state index contributed by atoms with van der Waals surface area (Å²) in [5.41, 5.74) is 1.94. The lowest BCUT2D eigenvalue weighted by molar-refractivity contribution is -0.142. The van der Waals surface area contributed by atoms with E-state index in [4.69, 9.17) is 9.72 Å². The largest absolute Gasteiger partial charge is 0.464 e. The highest BCUT2D eigenvalue weighted by Crippen LogP contribution is 2.40. The zero-order valence-corrected chi connectivity index (χ0v) is 26.1. The Hall–Kier alpha value is -4.71. The Labute approximate surface area is 267 Å². The number of fused-ring (bicyclic) bond motifs is 1. The molecule has 0 aliphatic carbocycles. The Balaban J connectivity index is 1.35. The number of aliphatic hydroxyl groups excluding tert-OH is 1. The molecule has 11 nitrogen and oxygen atoms in total. The number of amides is 1. The zero-order chi connectivity index (χ0) is 32.5. The number of benzene rings is 2. The van der Waals surface area contributed by atoms with E-state index in [1.54, 1.807) is 21.9 Å². The van der Waals surface area contributed by atoms with Crippen molar-refractivity contribution < 1.29 is 28.2 Å². The van der Waals surface area contributed by atoms with Crippen LogP contribution in [0.25, 0.3) is 22.2 Å². The molecule has 2 aromatic carbocycles. The van der Waals surface area contributed by atoms with Gasteiger partial charge in [-0.2, -0.15) is 5.26 Å². The number of nitriles is 1. The van der Waals surface area contributed by atoms with Gasteiger partial charge in [0, 0.05) is 62.5 Å². The summed E-state index contributed by atoms with van der Waals surface area (Å²) in [5, 5.41) is 20.3. The third-order valence-corrected chi connectivity index (χ3v) is 9.19. The van der Waals surface area contributed by atoms with E-state index in [9.17, 15) is 24.3 Å². The molecule has 0 saturated carbocycles. The Morgan fingerprint density at radius 2 is 1.83 bits per heavy atom. The van der Waals surface area contributed by atoms with Crippen molar-refractivity contribution in [1.82, 2.24) is 19.8 Å². The number of hydrogen-bond donors (Lipinski definition) is 1. The molecule has 6 rings (SSSR count). The predicted octanol–water partition coefficient (Wildman–Crippen LogP) is 3.78. The molecule has 1 amide bonds. The summed E-state index contributed by atoms with van der Waals surface area (Å²) in [4.78, 5) is 42.0. The van der Waals surface area contributed by atoms with Crippen LogP contribution in [0.5, 0.6) is 0 Å². The first-order valence-electron chi connectivity index (χ1n) is 14.8. The fourth-order valence-corrected chi connectivity index (χ4v) is 6.66. The van der Waals surface area contributed by atoms with E-state index in [1.807, 2.05) is 22.8 Å². The number of methoxy groups -OCH3 is 1. The van der Waals surface area contributed by atoms with Crippen molar-refractivity contribution in [3.63, 3.8) is 0 Å². The number of aromatic nitrogens is 2. The number of likely N-dealkylation sites (tertiary alicyclic amines) is 1. The molecule has 0 unspecified atom stereocenters. The number of halogens is 2. The van der Waals surface area contributed by atoms with E-state index < -0.39 is 23.7 Å². The number of rotatable bonds is 8. The maximum atomic E-state index is 15.9. The average Bonchev–Trinajstić information content (AvgIpc) is 3.48. The van der Waals surface area contributed by atoms with Crippen LogP contribution in [0.3, 0.4) is 0 Å². The van der Waals surface area contributed by atoms with Crippen molar-refractivity contribution in [2.24, 2.45) is 0 Å². The van der Waals surface area contributed by atoms with E-state index in [0.29, 0.717) is 83.8 Å². The van der Waals surface area contributed by atoms with E-state index in [0.717, 1.165) is 11.3 Å². The Bertz CT molecular complexity index is 1830. The summed E-state index contributed by atoms with van der Waals surface area (Å²) < 4.78 is 34.4. The fourth-order valence-electron chi connectivity index (χ4n) is 5.70. The number of β-amino-alcohol motifs (C(OH)–C–C–N with tert-alkyl or cyclic N) is 1. The number of hydrogen-bond acceptors (Lipinski definition) is 11. The third kappa shape index (κ3) is 6.09. The second-order valence-electron chi connectivity index (χ2n) is 11.1. The number of esters is 1. The molecular weight excluding hydrogens is 616 g/mol. The summed E-state index contributed by atoms with van der Waals surface area (Å²) in [6.45, 7) is 5.52. The molecule has 4 aromatic rings. The predicted molar refractivity (Wildman–Crippen MR) is 169 cm³/mol. The molecule has 238 valence electrons. The van der Waals surface area contributed by atoms with Gasteiger partial charge in [-0.25, -0.2) is 23.5 Å². The van der Waals surface area contributed by atoms with Crippen molar-refractivity contribution in [2.75, 3.05) is 69.3 Å². The van der Waals surface area contributed by atoms with Gasteiger partial charge in [-0.15, -0.1) is 0 Å². The van der Waals surface area contributed by atoms with Gasteiger partial charge in [0.25, 0.3) is 0 Å². The minimum atomic E-state index is -0.732. The molecule has 0 spiro atoms. The number of carbonyl (C=O) groups is 2. The first kappa shape index (κ1) is 31.3. The van der Waals surface area contributed by atoms with Crippen LogP contribution in [0.1, 0.15) is 22.3 Å². The standard InChI is InChI=1S/C32H31F2N7O4S/c1-3-41(32-37-29(27(15-35)46-32)19-4-6-20(33)7-5-19)26-14-25(31(44)45-2)36-30-23(26)12-21(13-24(30)34)39-10-8-38(9-11-39)18-28(43)40-16-22(42)17-40/h4-7,12-14,22,42H,3,8-11,16-18H2,1-2H3. The second kappa shape index (κ2) is 13.0. The smallest absolute Gasteiger partial charge is 0.356 e. The number of pyridine rings is 1. The van der Waals surface area contributed by atoms with Crippen molar-refractivity contribution in [3.8, 4) is 17.3 Å². The Kier molecular flexibility index (Phi) is 8.81. The van der Waals surface area contributed by atoms with Gasteiger partial charge >= 0.3 is 5.97 Å². The van der Waals surface area contributed by atoms with Crippen LogP contribution < -0.4 is 9.80 Å². The highest BCUT2D eigenvalue weighted by Gasteiger charge is 2.31. The maximum absolute atomic E-state index is 15.9. The molecule has 2 aliphatic heterocycles. The monoisotopic (exact) mass is 647 g/mol. The van der Waals surface area contributed by atoms with Gasteiger partial charge < -0.3 is 24.5 Å². The number of ether oxygens (including phenoxy) is 1. The fraction of sp³-hybridized carbons (Fsp3) is 0.344. The molecule has 0 radical (unpaired) electrons. The van der Waals surface area contributed by atoms with Crippen LogP contribution in [0, 0.1) is 23.0 Å². The SMILES string of the molecule is CCN(c1nc(-c2ccc(F)cc2)c(C#N)s1)c1cc(C(=O)OC)nc2c(F)cc(N3CCN(CC(=O)N4CC(O)C4)CC3)cc12. The van der Waals surface area contributed by atoms with Crippen molar-refractivity contribution in [3.05, 3.63) is 64.7 Å². The van der Waals surface area contributed by atoms with Crippen LogP contribution in [-0.4, -0.2) is 102 Å². The van der Waals surface area contributed by atoms with E-state index in [-0.39, 0.29) is 23.7 Å². The quantitative estimate of drug-likeness (QED) is 0.283. The van der Waals surface area contributed by atoms with Gasteiger partial charge in [-0.3, -0.25) is 9.69 Å². The van der Waals surface area contributed by atoms with Crippen LogP contribution in [0.15, 0.2) is 42.5 Å². The number of aliphatic hydroxyl groups is 1. The molecular formula is C32H31F2N7O4S. The lowest BCUT2D eigenvalue weighted by atomic mass is 10.1. The highest BCUT2D eigenvalue weighted by molar-refractivity contribution is 7.16. The van der Waals surface area contributed by atoms with Crippen LogP contribution in [0.2, 0.25) is 0 Å². The van der Waals surface area contributed by atoms with Gasteiger partial charge in [0.15, 0.2) is 16.6 Å². The van der Waals surface area contributed by atoms with E-state index >= 15 is 4.39 Å². The molecule has 4 heterocycles. The Morgan fingerprint density at radius 3 is 2.46 bits per heavy atom. The van der Waals surface area contributed by atoms with Gasteiger partial charge in [0.05, 0.1) is 25.4 Å². The first-order valence-corrected chi connectivity index (χ1v) is 15.6. The molecule has 46 heavy (non-hydrogen) atoms.